The van der Waals surface area contributed by atoms with E-state index in [1.807, 2.05) is 5.32 Å². The third-order valence-electron chi connectivity index (χ3n) is 4.77. The first kappa shape index (κ1) is 25.6. The lowest BCUT2D eigenvalue weighted by Gasteiger charge is -2.15. The third kappa shape index (κ3) is 5.19. The van der Waals surface area contributed by atoms with Gasteiger partial charge in [-0.3, -0.25) is 9.52 Å². The van der Waals surface area contributed by atoms with Gasteiger partial charge >= 0.3 is 5.97 Å². The highest BCUT2D eigenvalue weighted by Gasteiger charge is 2.26. The number of carbonyl (C=O) groups excluding carboxylic acids is 1. The van der Waals surface area contributed by atoms with Gasteiger partial charge in [-0.2, -0.15) is 0 Å². The van der Waals surface area contributed by atoms with Gasteiger partial charge < -0.3 is 15.5 Å². The lowest BCUT2D eigenvalue weighted by atomic mass is 10.2. The van der Waals surface area contributed by atoms with Gasteiger partial charge in [0.15, 0.2) is 15.9 Å². The maximum absolute atomic E-state index is 13.6. The van der Waals surface area contributed by atoms with Crippen LogP contribution < -0.4 is 10.0 Å². The number of amides is 1. The highest BCUT2D eigenvalue weighted by atomic mass is 32.2. The molecule has 1 amide bonds. The van der Waals surface area contributed by atoms with E-state index in [2.05, 4.69) is 4.72 Å². The summed E-state index contributed by atoms with van der Waals surface area (Å²) in [7, 11) is -8.35. The molecule has 0 saturated carbocycles. The second-order valence-corrected chi connectivity index (χ2v) is 12.2. The fourth-order valence-electron chi connectivity index (χ4n) is 3.10. The summed E-state index contributed by atoms with van der Waals surface area (Å²) in [5.74, 6) is -3.02. The van der Waals surface area contributed by atoms with Gasteiger partial charge in [-0.25, -0.2) is 26.0 Å². The van der Waals surface area contributed by atoms with E-state index in [1.54, 1.807) is 0 Å². The van der Waals surface area contributed by atoms with Crippen molar-refractivity contribution in [3.63, 3.8) is 0 Å². The molecule has 1 atom stereocenters. The first-order valence-corrected chi connectivity index (χ1v) is 13.6. The van der Waals surface area contributed by atoms with Gasteiger partial charge in [-0.15, -0.1) is 11.3 Å². The number of aryl methyl sites for hydroxylation is 1. The van der Waals surface area contributed by atoms with E-state index in [9.17, 15) is 30.8 Å². The average Bonchev–Trinajstić information content (AvgIpc) is 3.07. The molecule has 3 aromatic rings. The Morgan fingerprint density at radius 2 is 1.79 bits per heavy atom. The van der Waals surface area contributed by atoms with E-state index < -0.39 is 55.1 Å². The number of carboxylic acids is 1. The number of hydrogen-bond donors (Lipinski definition) is 4. The largest absolute Gasteiger partial charge is 0.480 e. The van der Waals surface area contributed by atoms with Crippen LogP contribution in [0, 0.1) is 12.7 Å². The predicted molar refractivity (Wildman–Crippen MR) is 123 cm³/mol. The Kier molecular flexibility index (Phi) is 6.98. The maximum Gasteiger partial charge on any atom is 0.328 e. The van der Waals surface area contributed by atoms with E-state index in [-0.39, 0.29) is 21.0 Å². The van der Waals surface area contributed by atoms with Gasteiger partial charge in [0.1, 0.15) is 10.0 Å². The molecule has 0 aliphatic heterocycles. The van der Waals surface area contributed by atoms with E-state index in [0.717, 1.165) is 35.8 Å². The standard InChI is InChI=1S/C20H19FN2O8S3/c1-10-13-8-12(21)4-6-16(13)32-20(10)34(30,31)23-14-5-3-11(7-17(14)33(2,28)29)18(25)22-15(9-24)19(26)27/h3-8,15,23-24H,9H2,1-2H3,(H,22,25)(H,26,27)/t15-/m0/s1. The van der Waals surface area contributed by atoms with E-state index in [4.69, 9.17) is 10.2 Å². The molecule has 3 rings (SSSR count). The Labute approximate surface area is 198 Å². The van der Waals surface area contributed by atoms with Crippen molar-refractivity contribution in [1.82, 2.24) is 5.32 Å². The van der Waals surface area contributed by atoms with Crippen molar-refractivity contribution in [1.29, 1.82) is 0 Å². The van der Waals surface area contributed by atoms with Crippen LogP contribution in [0.1, 0.15) is 15.9 Å². The number of aliphatic hydroxyl groups excluding tert-OH is 1. The number of sulfone groups is 1. The van der Waals surface area contributed by atoms with E-state index in [1.165, 1.54) is 25.1 Å². The van der Waals surface area contributed by atoms with Gasteiger partial charge in [0, 0.05) is 16.5 Å². The number of carbonyl (C=O) groups is 2. The van der Waals surface area contributed by atoms with Gasteiger partial charge in [0.25, 0.3) is 15.9 Å². The summed E-state index contributed by atoms with van der Waals surface area (Å²) >= 11 is 0.882. The normalized spacial score (nSPS) is 12.9. The predicted octanol–water partition coefficient (Wildman–Crippen LogP) is 1.73. The molecule has 0 aliphatic rings. The molecule has 2 aromatic carbocycles. The van der Waals surface area contributed by atoms with E-state index in [0.29, 0.717) is 10.1 Å². The second-order valence-electron chi connectivity index (χ2n) is 7.29. The molecule has 4 N–H and O–H groups in total. The van der Waals surface area contributed by atoms with E-state index >= 15 is 0 Å². The molecule has 1 aromatic heterocycles. The van der Waals surface area contributed by atoms with Crippen LogP contribution in [-0.4, -0.2) is 57.8 Å². The lowest BCUT2D eigenvalue weighted by molar-refractivity contribution is -0.140. The Morgan fingerprint density at radius 3 is 2.38 bits per heavy atom. The van der Waals surface area contributed by atoms with Crippen LogP contribution >= 0.6 is 11.3 Å². The Balaban J connectivity index is 2.02. The summed E-state index contributed by atoms with van der Waals surface area (Å²) in [4.78, 5) is 22.8. The van der Waals surface area contributed by atoms with Crippen molar-refractivity contribution in [2.24, 2.45) is 0 Å². The molecule has 0 bridgehead atoms. The summed E-state index contributed by atoms with van der Waals surface area (Å²) in [6.07, 6.45) is 0.809. The minimum atomic E-state index is -4.30. The zero-order valence-electron chi connectivity index (χ0n) is 17.7. The van der Waals surface area contributed by atoms with Crippen LogP contribution in [-0.2, 0) is 24.7 Å². The van der Waals surface area contributed by atoms with Crippen molar-refractivity contribution < 1.29 is 41.0 Å². The molecule has 14 heteroatoms. The zero-order chi connectivity index (χ0) is 25.4. The Bertz CT molecular complexity index is 1510. The Morgan fingerprint density at radius 1 is 1.12 bits per heavy atom. The van der Waals surface area contributed by atoms with Gasteiger partial charge in [-0.05, 0) is 54.3 Å². The molecule has 0 radical (unpaired) electrons. The number of benzene rings is 2. The first-order chi connectivity index (χ1) is 15.7. The topological polar surface area (TPSA) is 167 Å². The molecule has 0 fully saturated rings. The summed E-state index contributed by atoms with van der Waals surface area (Å²) in [6.45, 7) is 0.605. The number of hydrogen-bond acceptors (Lipinski definition) is 8. The monoisotopic (exact) mass is 530 g/mol. The SMILES string of the molecule is Cc1c(S(=O)(=O)Nc2ccc(C(=O)N[C@@H](CO)C(=O)O)cc2S(C)(=O)=O)sc2ccc(F)cc12. The molecular weight excluding hydrogens is 511 g/mol. The van der Waals surface area contributed by atoms with Crippen molar-refractivity contribution in [2.45, 2.75) is 22.1 Å². The van der Waals surface area contributed by atoms with Crippen LogP contribution in [0.5, 0.6) is 0 Å². The number of sulfonamides is 1. The van der Waals surface area contributed by atoms with Crippen LogP contribution in [0.4, 0.5) is 10.1 Å². The number of carboxylic acid groups (broad SMARTS) is 1. The molecule has 34 heavy (non-hydrogen) atoms. The van der Waals surface area contributed by atoms with Gasteiger partial charge in [0.05, 0.1) is 17.2 Å². The van der Waals surface area contributed by atoms with Crippen LogP contribution in [0.2, 0.25) is 0 Å². The van der Waals surface area contributed by atoms with Crippen molar-refractivity contribution in [3.05, 3.63) is 53.3 Å². The minimum Gasteiger partial charge on any atom is -0.480 e. The second kappa shape index (κ2) is 9.29. The maximum atomic E-state index is 13.6. The van der Waals surface area contributed by atoms with Gasteiger partial charge in [-0.1, -0.05) is 0 Å². The smallest absolute Gasteiger partial charge is 0.328 e. The average molecular weight is 531 g/mol. The molecule has 0 aliphatic carbocycles. The molecular formula is C20H19FN2O8S3. The summed E-state index contributed by atoms with van der Waals surface area (Å²) < 4.78 is 67.0. The molecule has 182 valence electrons. The van der Waals surface area contributed by atoms with Crippen LogP contribution in [0.15, 0.2) is 45.5 Å². The number of aliphatic hydroxyl groups is 1. The summed E-state index contributed by atoms with van der Waals surface area (Å²) in [5.41, 5.74) is -0.316. The van der Waals surface area contributed by atoms with Crippen molar-refractivity contribution in [3.8, 4) is 0 Å². The molecule has 10 nitrogen and oxygen atoms in total. The molecule has 0 saturated heterocycles. The number of anilines is 1. The number of halogens is 1. The summed E-state index contributed by atoms with van der Waals surface area (Å²) in [6, 6.07) is 5.27. The molecule has 0 unspecified atom stereocenters. The highest BCUT2D eigenvalue weighted by Crippen LogP contribution is 2.36. The fourth-order valence-corrected chi connectivity index (χ4v) is 6.85. The number of aliphatic carboxylic acids is 1. The minimum absolute atomic E-state index is 0.137. The summed E-state index contributed by atoms with van der Waals surface area (Å²) in [5, 5.41) is 20.4. The number of rotatable bonds is 8. The quantitative estimate of drug-likeness (QED) is 0.342. The molecule has 0 spiro atoms. The van der Waals surface area contributed by atoms with Crippen molar-refractivity contribution in [2.75, 3.05) is 17.6 Å². The van der Waals surface area contributed by atoms with Crippen LogP contribution in [0.25, 0.3) is 10.1 Å². The number of thiophene rings is 1. The highest BCUT2D eigenvalue weighted by molar-refractivity contribution is 7.95. The van der Waals surface area contributed by atoms with Crippen LogP contribution in [0.3, 0.4) is 0 Å². The van der Waals surface area contributed by atoms with Gasteiger partial charge in [0.2, 0.25) is 0 Å². The lowest BCUT2D eigenvalue weighted by Crippen LogP contribution is -2.43. The number of fused-ring (bicyclic) bond motifs is 1. The first-order valence-electron chi connectivity index (χ1n) is 9.44. The number of nitrogens with one attached hydrogen (secondary N) is 2. The Hall–Kier alpha value is -3.07. The zero-order valence-corrected chi connectivity index (χ0v) is 20.1. The molecule has 1 heterocycles. The third-order valence-corrected chi connectivity index (χ3v) is 9.17. The fraction of sp³-hybridized carbons (Fsp3) is 0.200. The van der Waals surface area contributed by atoms with Crippen molar-refractivity contribution >= 4 is 58.8 Å².